The van der Waals surface area contributed by atoms with E-state index in [1.54, 1.807) is 6.08 Å². The first kappa shape index (κ1) is 11.9. The normalized spacial score (nSPS) is 26.0. The van der Waals surface area contributed by atoms with Gasteiger partial charge in [0.2, 0.25) is 0 Å². The number of allylic oxidation sites excluding steroid dienone is 1. The van der Waals surface area contributed by atoms with Crippen molar-refractivity contribution in [2.75, 3.05) is 0 Å². The summed E-state index contributed by atoms with van der Waals surface area (Å²) in [4.78, 5) is 4.27. The van der Waals surface area contributed by atoms with Crippen LogP contribution in [0.25, 0.3) is 0 Å². The maximum absolute atomic E-state index is 5.36. The van der Waals surface area contributed by atoms with Crippen LogP contribution in [0, 0.1) is 0 Å². The van der Waals surface area contributed by atoms with Gasteiger partial charge in [-0.25, -0.2) is 4.99 Å². The quantitative estimate of drug-likeness (QED) is 0.600. The summed E-state index contributed by atoms with van der Waals surface area (Å²) in [5.74, 6) is 0.748. The number of nitrogens with zero attached hydrogens (tertiary/aromatic N) is 1. The first-order chi connectivity index (χ1) is 6.27. The molecule has 2 nitrogen and oxygen atoms in total. The van der Waals surface area contributed by atoms with Crippen LogP contribution in [-0.4, -0.2) is 18.0 Å². The molecule has 0 fully saturated rings. The average molecular weight is 181 g/mol. The van der Waals surface area contributed by atoms with Crippen LogP contribution in [0.2, 0.25) is 0 Å². The molecule has 0 aromatic rings. The van der Waals surface area contributed by atoms with Crippen LogP contribution in [-0.2, 0) is 4.74 Å². The van der Waals surface area contributed by atoms with Gasteiger partial charge in [-0.15, -0.1) is 0 Å². The summed E-state index contributed by atoms with van der Waals surface area (Å²) in [6.45, 7) is 11.5. The Labute approximate surface area is 81.0 Å². The van der Waals surface area contributed by atoms with Gasteiger partial charge in [0.1, 0.15) is 12.1 Å². The fourth-order valence-electron chi connectivity index (χ4n) is 1.12. The van der Waals surface area contributed by atoms with E-state index >= 15 is 0 Å². The molecule has 13 heavy (non-hydrogen) atoms. The molecule has 0 saturated carbocycles. The molecule has 1 aliphatic rings. The first-order valence-corrected chi connectivity index (χ1v) is 4.74. The monoisotopic (exact) mass is 181 g/mol. The zero-order chi connectivity index (χ0) is 10.3. The SMILES string of the molecule is C=CC1OC(C)=NC1/C=C\C.CC. The van der Waals surface area contributed by atoms with Crippen molar-refractivity contribution in [2.24, 2.45) is 4.99 Å². The molecule has 0 amide bonds. The Balaban J connectivity index is 0.000000671. The molecule has 0 aliphatic carbocycles. The minimum atomic E-state index is 0.0335. The van der Waals surface area contributed by atoms with Gasteiger partial charge in [-0.05, 0) is 13.0 Å². The second-order valence-corrected chi connectivity index (χ2v) is 2.48. The molecule has 2 atom stereocenters. The largest absolute Gasteiger partial charge is 0.471 e. The highest BCUT2D eigenvalue weighted by molar-refractivity contribution is 5.75. The minimum Gasteiger partial charge on any atom is -0.471 e. The van der Waals surface area contributed by atoms with Crippen molar-refractivity contribution < 1.29 is 4.74 Å². The van der Waals surface area contributed by atoms with Gasteiger partial charge in [-0.2, -0.15) is 0 Å². The number of ether oxygens (including phenoxy) is 1. The van der Waals surface area contributed by atoms with Crippen LogP contribution < -0.4 is 0 Å². The van der Waals surface area contributed by atoms with Gasteiger partial charge in [-0.1, -0.05) is 32.6 Å². The highest BCUT2D eigenvalue weighted by Gasteiger charge is 2.23. The lowest BCUT2D eigenvalue weighted by Crippen LogP contribution is -2.16. The molecular weight excluding hydrogens is 162 g/mol. The van der Waals surface area contributed by atoms with Gasteiger partial charge in [0.15, 0.2) is 5.90 Å². The van der Waals surface area contributed by atoms with E-state index in [2.05, 4.69) is 11.6 Å². The van der Waals surface area contributed by atoms with E-state index < -0.39 is 0 Å². The first-order valence-electron chi connectivity index (χ1n) is 4.74. The third-order valence-electron chi connectivity index (χ3n) is 1.60. The number of hydrogen-bond donors (Lipinski definition) is 0. The molecule has 2 unspecified atom stereocenters. The van der Waals surface area contributed by atoms with Crippen LogP contribution in [0.15, 0.2) is 29.8 Å². The second-order valence-electron chi connectivity index (χ2n) is 2.48. The predicted molar refractivity (Wildman–Crippen MR) is 58.1 cm³/mol. The lowest BCUT2D eigenvalue weighted by molar-refractivity contribution is 0.254. The summed E-state index contributed by atoms with van der Waals surface area (Å²) in [5.41, 5.74) is 0. The maximum Gasteiger partial charge on any atom is 0.181 e. The predicted octanol–water partition coefficient (Wildman–Crippen LogP) is 2.96. The molecule has 2 heteroatoms. The molecule has 0 radical (unpaired) electrons. The zero-order valence-electron chi connectivity index (χ0n) is 8.95. The summed E-state index contributed by atoms with van der Waals surface area (Å²) in [6, 6.07) is 0.137. The van der Waals surface area contributed by atoms with Crippen molar-refractivity contribution in [1.29, 1.82) is 0 Å². The number of hydrogen-bond acceptors (Lipinski definition) is 2. The smallest absolute Gasteiger partial charge is 0.181 e. The fourth-order valence-corrected chi connectivity index (χ4v) is 1.12. The lowest BCUT2D eigenvalue weighted by Gasteiger charge is -2.08. The Morgan fingerprint density at radius 2 is 2.08 bits per heavy atom. The van der Waals surface area contributed by atoms with E-state index in [0.29, 0.717) is 0 Å². The fraction of sp³-hybridized carbons (Fsp3) is 0.545. The van der Waals surface area contributed by atoms with Crippen LogP contribution in [0.3, 0.4) is 0 Å². The van der Waals surface area contributed by atoms with Crippen molar-refractivity contribution in [1.82, 2.24) is 0 Å². The van der Waals surface area contributed by atoms with Crippen LogP contribution >= 0.6 is 0 Å². The Bertz CT molecular complexity index is 206. The van der Waals surface area contributed by atoms with E-state index in [4.69, 9.17) is 4.74 Å². The molecule has 74 valence electrons. The van der Waals surface area contributed by atoms with Gasteiger partial charge in [0.05, 0.1) is 0 Å². The Morgan fingerprint density at radius 1 is 1.46 bits per heavy atom. The molecule has 1 heterocycles. The van der Waals surface area contributed by atoms with Gasteiger partial charge in [0.25, 0.3) is 0 Å². The Hall–Kier alpha value is -1.05. The molecule has 1 aliphatic heterocycles. The number of rotatable bonds is 2. The third kappa shape index (κ3) is 3.45. The summed E-state index contributed by atoms with van der Waals surface area (Å²) < 4.78 is 5.36. The van der Waals surface area contributed by atoms with Gasteiger partial charge in [-0.3, -0.25) is 0 Å². The van der Waals surface area contributed by atoms with Crippen LogP contribution in [0.5, 0.6) is 0 Å². The van der Waals surface area contributed by atoms with Crippen molar-refractivity contribution >= 4 is 5.90 Å². The summed E-state index contributed by atoms with van der Waals surface area (Å²) in [6.07, 6.45) is 5.81. The van der Waals surface area contributed by atoms with Crippen molar-refractivity contribution in [2.45, 2.75) is 39.8 Å². The van der Waals surface area contributed by atoms with Crippen LogP contribution in [0.1, 0.15) is 27.7 Å². The molecule has 0 spiro atoms. The number of aliphatic imine (C=N–C) groups is 1. The summed E-state index contributed by atoms with van der Waals surface area (Å²) >= 11 is 0. The minimum absolute atomic E-state index is 0.0335. The van der Waals surface area contributed by atoms with Crippen molar-refractivity contribution in [3.63, 3.8) is 0 Å². The van der Waals surface area contributed by atoms with Crippen molar-refractivity contribution in [3.8, 4) is 0 Å². The summed E-state index contributed by atoms with van der Waals surface area (Å²) in [5, 5.41) is 0. The van der Waals surface area contributed by atoms with E-state index in [-0.39, 0.29) is 12.1 Å². The zero-order valence-corrected chi connectivity index (χ0v) is 8.95. The second kappa shape index (κ2) is 6.46. The highest BCUT2D eigenvalue weighted by Crippen LogP contribution is 2.15. The van der Waals surface area contributed by atoms with Gasteiger partial charge < -0.3 is 4.74 Å². The van der Waals surface area contributed by atoms with E-state index in [1.165, 1.54) is 0 Å². The lowest BCUT2D eigenvalue weighted by atomic mass is 10.1. The molecule has 0 aromatic carbocycles. The highest BCUT2D eigenvalue weighted by atomic mass is 16.5. The molecule has 0 bridgehead atoms. The van der Waals surface area contributed by atoms with E-state index in [0.717, 1.165) is 5.90 Å². The third-order valence-corrected chi connectivity index (χ3v) is 1.60. The molecule has 0 saturated heterocycles. The van der Waals surface area contributed by atoms with Gasteiger partial charge in [0, 0.05) is 6.92 Å². The summed E-state index contributed by atoms with van der Waals surface area (Å²) in [7, 11) is 0. The molecular formula is C11H19NO. The average Bonchev–Trinajstić information content (AvgIpc) is 2.50. The standard InChI is InChI=1S/C9H13NO.C2H6/c1-4-6-8-9(5-2)11-7(3)10-8;1-2/h4-6,8-9H,2H2,1,3H3;1-2H3/b6-4-;. The van der Waals surface area contributed by atoms with E-state index in [9.17, 15) is 0 Å². The molecule has 0 aromatic heterocycles. The Kier molecular flexibility index (Phi) is 5.94. The van der Waals surface area contributed by atoms with E-state index in [1.807, 2.05) is 39.8 Å². The topological polar surface area (TPSA) is 21.6 Å². The molecule has 1 rings (SSSR count). The Morgan fingerprint density at radius 3 is 2.54 bits per heavy atom. The van der Waals surface area contributed by atoms with Gasteiger partial charge >= 0.3 is 0 Å². The van der Waals surface area contributed by atoms with Crippen LogP contribution in [0.4, 0.5) is 0 Å². The molecule has 0 N–H and O–H groups in total. The van der Waals surface area contributed by atoms with Crippen molar-refractivity contribution in [3.05, 3.63) is 24.8 Å². The maximum atomic E-state index is 5.36.